The molecule has 0 aliphatic heterocycles. The molecule has 0 saturated carbocycles. The van der Waals surface area contributed by atoms with E-state index in [2.05, 4.69) is 84.5 Å². The maximum atomic E-state index is 15.1. The predicted octanol–water partition coefficient (Wildman–Crippen LogP) is -7.77. The van der Waals surface area contributed by atoms with Crippen LogP contribution < -0.4 is 129 Å². The molecule has 0 unspecified atom stereocenters. The summed E-state index contributed by atoms with van der Waals surface area (Å²) in [5.74, 6) is -17.7. The summed E-state index contributed by atoms with van der Waals surface area (Å²) in [6.45, 7) is 2.10. The van der Waals surface area contributed by atoms with E-state index in [0.717, 1.165) is 0 Å². The van der Waals surface area contributed by atoms with Crippen molar-refractivity contribution in [2.45, 2.75) is 185 Å². The fourth-order valence-electron chi connectivity index (χ4n) is 11.6. The molecule has 11 atom stereocenters. The molecule has 7 amide bonds. The van der Waals surface area contributed by atoms with Crippen molar-refractivity contribution < 1.29 is 62.3 Å². The number of carbonyl (C=O) groups is 13. The van der Waals surface area contributed by atoms with Crippen LogP contribution in [0.25, 0.3) is 0 Å². The summed E-state index contributed by atoms with van der Waals surface area (Å²) >= 11 is 5.49. The number of guanidine groups is 8. The Balaban J connectivity index is 7.92. The second-order valence-corrected chi connectivity index (χ2v) is 28.6. The van der Waals surface area contributed by atoms with Crippen LogP contribution in [0, 0.1) is 35.5 Å². The molecule has 0 spiro atoms. The van der Waals surface area contributed by atoms with Gasteiger partial charge < -0.3 is 129 Å². The number of hydrogen-bond donors (Lipinski definition) is 24. The summed E-state index contributed by atoms with van der Waals surface area (Å²) in [7, 11) is 0. The van der Waals surface area contributed by atoms with Crippen LogP contribution in [0.4, 0.5) is 0 Å². The van der Waals surface area contributed by atoms with Crippen molar-refractivity contribution >= 4 is 148 Å². The second-order valence-electron chi connectivity index (χ2n) is 27.3. The average molecular weight is 1650 g/mol. The number of primary amides is 1. The number of thiol groups is 1. The highest BCUT2D eigenvalue weighted by atomic mass is 32.2. The van der Waals surface area contributed by atoms with Crippen LogP contribution in [0.1, 0.15) is 155 Å². The van der Waals surface area contributed by atoms with E-state index in [1.54, 1.807) is 6.26 Å². The Morgan fingerprint density at radius 1 is 0.316 bits per heavy atom. The maximum absolute atomic E-state index is 15.1. The number of nitrogens with one attached hydrogen (secondary N) is 6. The lowest BCUT2D eigenvalue weighted by molar-refractivity contribution is -0.136. The van der Waals surface area contributed by atoms with Crippen molar-refractivity contribution in [3.05, 3.63) is 0 Å². The molecule has 40 N–H and O–H groups in total. The van der Waals surface area contributed by atoms with Crippen molar-refractivity contribution in [3.63, 3.8) is 0 Å². The van der Waals surface area contributed by atoms with E-state index < -0.39 is 180 Å². The van der Waals surface area contributed by atoms with Gasteiger partial charge in [0.05, 0.1) is 42.7 Å². The van der Waals surface area contributed by atoms with Gasteiger partial charge >= 0.3 is 0 Å². The van der Waals surface area contributed by atoms with E-state index in [-0.39, 0.29) is 221 Å². The van der Waals surface area contributed by atoms with Gasteiger partial charge in [0, 0.05) is 139 Å². The molecule has 0 aromatic carbocycles. The number of nitrogens with two attached hydrogens (primary N) is 17. The Morgan fingerprint density at radius 2 is 0.553 bits per heavy atom. The summed E-state index contributed by atoms with van der Waals surface area (Å²) < 4.78 is 0. The van der Waals surface area contributed by atoms with Crippen LogP contribution in [-0.2, 0) is 62.3 Å². The SMILES string of the molecule is CSC[C@H](NC(C)=O)C(=O)C[C@@H](C)C(=O)NCC(=O)C[C@H](CCCN=C(N)N)C(=O)N[C@H](CCCN=C(N)N)C(=O)C[C@H](CCCN=C(N)N)C(=O)N[C@H](CCCN=C(N)N)C(=O)C[C@H](CCCN=C(N)N)C(=O)N[C@H](CCCN=C(N)N)C(=O)C[C@H](CCCN=C(N)N)C(=O)N[C@H](CCCN=C(N)N)C(=O)C[C@H](CS)C(N)=O. The van der Waals surface area contributed by atoms with Crippen LogP contribution >= 0.6 is 24.4 Å². The molecule has 114 heavy (non-hydrogen) atoms. The lowest BCUT2D eigenvalue weighted by Gasteiger charge is -2.27. The van der Waals surface area contributed by atoms with Crippen molar-refractivity contribution in [1.82, 2.24) is 31.9 Å². The average Bonchev–Trinajstić information content (AvgIpc) is 0.858. The van der Waals surface area contributed by atoms with E-state index in [0.29, 0.717) is 0 Å². The Kier molecular flexibility index (Phi) is 53.4. The number of aliphatic imine (C=N–C) groups is 8. The molecule has 0 saturated heterocycles. The lowest BCUT2D eigenvalue weighted by atomic mass is 9.88. The molecular weight excluding hydrogens is 1520 g/mol. The molecule has 0 rings (SSSR count). The molecule has 0 aromatic heterocycles. The zero-order valence-electron chi connectivity index (χ0n) is 65.7. The van der Waals surface area contributed by atoms with Crippen molar-refractivity contribution in [3.8, 4) is 0 Å². The fourth-order valence-corrected chi connectivity index (χ4v) is 12.5. The summed E-state index contributed by atoms with van der Waals surface area (Å²) in [6, 6.07) is -6.32. The van der Waals surface area contributed by atoms with Gasteiger partial charge in [-0.05, 0) is 109 Å². The number of thioether (sulfide) groups is 1. The summed E-state index contributed by atoms with van der Waals surface area (Å²) in [6.07, 6.45) is -0.990. The number of Topliss-reactive ketones (excluding diaryl/α,β-unsaturated/α-hetero) is 6. The predicted molar refractivity (Wildman–Crippen MR) is 443 cm³/mol. The number of rotatable bonds is 65. The second kappa shape index (κ2) is 59.0. The van der Waals surface area contributed by atoms with Gasteiger partial charge in [0.1, 0.15) is 0 Å². The zero-order chi connectivity index (χ0) is 86.4. The first-order valence-electron chi connectivity index (χ1n) is 37.4. The first kappa shape index (κ1) is 103. The normalized spacial score (nSPS) is 13.7. The molecular formula is C68H127N31O13S2. The third kappa shape index (κ3) is 49.5. The minimum atomic E-state index is -1.44. The molecule has 0 aliphatic carbocycles. The smallest absolute Gasteiger partial charge is 0.224 e. The highest BCUT2D eigenvalue weighted by Crippen LogP contribution is 2.24. The van der Waals surface area contributed by atoms with Crippen molar-refractivity contribution in [1.29, 1.82) is 0 Å². The molecule has 44 nitrogen and oxygen atoms in total. The number of ketones is 6. The molecule has 0 fully saturated rings. The van der Waals surface area contributed by atoms with E-state index >= 15 is 14.4 Å². The number of nitrogens with zero attached hydrogens (tertiary/aromatic N) is 8. The first-order valence-corrected chi connectivity index (χ1v) is 39.5. The van der Waals surface area contributed by atoms with Gasteiger partial charge in [0.2, 0.25) is 41.4 Å². The van der Waals surface area contributed by atoms with Gasteiger partial charge in [-0.15, -0.1) is 0 Å². The molecule has 0 bridgehead atoms. The van der Waals surface area contributed by atoms with E-state index in [4.69, 9.17) is 97.5 Å². The maximum Gasteiger partial charge on any atom is 0.224 e. The van der Waals surface area contributed by atoms with E-state index in [9.17, 15) is 47.9 Å². The molecule has 644 valence electrons. The van der Waals surface area contributed by atoms with Gasteiger partial charge in [-0.3, -0.25) is 102 Å². The Morgan fingerprint density at radius 3 is 0.781 bits per heavy atom. The van der Waals surface area contributed by atoms with Gasteiger partial charge in [0.15, 0.2) is 82.4 Å². The van der Waals surface area contributed by atoms with Crippen LogP contribution in [0.15, 0.2) is 39.9 Å². The Hall–Kier alpha value is -10.8. The number of hydrogen-bond acceptors (Lipinski definition) is 23. The monoisotopic (exact) mass is 1650 g/mol. The Labute approximate surface area is 674 Å². The molecule has 0 aliphatic rings. The third-order valence-corrected chi connectivity index (χ3v) is 18.6. The topological polar surface area (TPSA) is 835 Å². The zero-order valence-corrected chi connectivity index (χ0v) is 67.5. The highest BCUT2D eigenvalue weighted by Gasteiger charge is 2.37. The number of carbonyl (C=O) groups excluding carboxylic acids is 13. The number of amides is 7. The quantitative estimate of drug-likeness (QED) is 0.0116. The lowest BCUT2D eigenvalue weighted by Crippen LogP contribution is -2.49. The summed E-state index contributed by atoms with van der Waals surface area (Å²) in [5, 5.41) is 16.1. The third-order valence-electron chi connectivity index (χ3n) is 17.5. The largest absolute Gasteiger partial charge is 0.370 e. The van der Waals surface area contributed by atoms with Crippen LogP contribution in [0.3, 0.4) is 0 Å². The van der Waals surface area contributed by atoms with Crippen molar-refractivity contribution in [2.24, 2.45) is 173 Å². The fraction of sp³-hybridized carbons (Fsp3) is 0.691. The van der Waals surface area contributed by atoms with Crippen molar-refractivity contribution in [2.75, 3.05) is 76.7 Å². The molecule has 0 aromatic rings. The van der Waals surface area contributed by atoms with Gasteiger partial charge in [-0.2, -0.15) is 24.4 Å². The van der Waals surface area contributed by atoms with E-state index in [1.165, 1.54) is 25.6 Å². The molecule has 46 heteroatoms. The Bertz CT molecular complexity index is 3360. The van der Waals surface area contributed by atoms with Crippen LogP contribution in [-0.4, -0.2) is 231 Å². The summed E-state index contributed by atoms with van der Waals surface area (Å²) in [4.78, 5) is 214. The van der Waals surface area contributed by atoms with Crippen LogP contribution in [0.2, 0.25) is 0 Å². The standard InChI is InChI=1S/C68H127N31O13S2/c1-37(28-50(102)49(36-114-3)95-38(2)100)56(108)94-34-44(101)29-39(12-4-20-86-61(70)71)57(109)96-45(16-8-24-90-65(78)79)51(103)30-40(13-5-21-87-62(72)73)58(110)97-46(17-9-25-91-66(80)81)52(104)31-41(14-6-22-88-63(74)75)59(111)98-47(18-10-26-92-67(82)83)53(105)32-42(15-7-23-89-64(76)77)60(112)99-48(19-11-27-93-68(84)85)54(106)33-43(35-113)55(69)107/h37,39-43,45-49,113H,4-36H2,1-3H3,(H2,69,107)(H,94,108)(H,95,100)(H,96,109)(H,97,110)(H,98,111)(H,99,112)(H4,70,71,86)(H4,72,73,87)(H4,74,75,88)(H4,76,77,89)(H4,78,79,90)(H4,80,81,91)(H4,82,83,92)(H4,84,85,93)/t37-,39+,40+,41+,42+,43-,45-,46-,47-,48-,49+/m1/s1. The van der Waals surface area contributed by atoms with Gasteiger partial charge in [-0.25, -0.2) is 0 Å². The van der Waals surface area contributed by atoms with Crippen LogP contribution in [0.5, 0.6) is 0 Å². The minimum Gasteiger partial charge on any atom is -0.370 e. The molecule has 0 radical (unpaired) electrons. The van der Waals surface area contributed by atoms with Gasteiger partial charge in [-0.1, -0.05) is 6.92 Å². The summed E-state index contributed by atoms with van der Waals surface area (Å²) in [5.41, 5.74) is 95.4. The highest BCUT2D eigenvalue weighted by molar-refractivity contribution is 7.98. The first-order chi connectivity index (χ1) is 53.7. The van der Waals surface area contributed by atoms with Gasteiger partial charge in [0.25, 0.3) is 0 Å². The minimum absolute atomic E-state index is 0.0106. The van der Waals surface area contributed by atoms with E-state index in [1.807, 2.05) is 0 Å². The molecule has 0 heterocycles.